The molecule has 0 aromatic heterocycles. The average Bonchev–Trinajstić information content (AvgIpc) is 2.19. The lowest BCUT2D eigenvalue weighted by molar-refractivity contribution is 0.0269. The Bertz CT molecular complexity index is 182. The highest BCUT2D eigenvalue weighted by Gasteiger charge is 2.30. The van der Waals surface area contributed by atoms with Gasteiger partial charge in [0.1, 0.15) is 0 Å². The molecule has 1 aliphatic rings. The van der Waals surface area contributed by atoms with Gasteiger partial charge in [0.05, 0.1) is 0 Å². The van der Waals surface area contributed by atoms with Crippen molar-refractivity contribution in [3.63, 3.8) is 0 Å². The number of hydrogen-bond donors (Lipinski definition) is 1. The summed E-state index contributed by atoms with van der Waals surface area (Å²) in [6, 6.07) is 2.08. The first-order chi connectivity index (χ1) is 7.06. The lowest BCUT2D eigenvalue weighted by atomic mass is 10.0. The first-order valence-corrected chi connectivity index (χ1v) is 6.16. The summed E-state index contributed by atoms with van der Waals surface area (Å²) >= 11 is 0. The van der Waals surface area contributed by atoms with E-state index in [0.29, 0.717) is 12.1 Å². The van der Waals surface area contributed by atoms with Crippen molar-refractivity contribution >= 4 is 0 Å². The fourth-order valence-electron chi connectivity index (χ4n) is 2.41. The molecule has 1 saturated heterocycles. The van der Waals surface area contributed by atoms with Crippen LogP contribution >= 0.6 is 0 Å². The Morgan fingerprint density at radius 2 is 2.00 bits per heavy atom. The Morgan fingerprint density at radius 1 is 1.33 bits per heavy atom. The van der Waals surface area contributed by atoms with E-state index in [1.54, 1.807) is 0 Å². The number of rotatable bonds is 4. The van der Waals surface area contributed by atoms with Crippen LogP contribution in [-0.2, 0) is 0 Å². The van der Waals surface area contributed by atoms with Crippen LogP contribution < -0.4 is 5.32 Å². The molecule has 1 rings (SSSR count). The largest absolute Gasteiger partial charge is 0.320 e. The molecule has 1 aliphatic heterocycles. The van der Waals surface area contributed by atoms with Crippen molar-refractivity contribution in [2.45, 2.75) is 45.3 Å². The van der Waals surface area contributed by atoms with E-state index in [4.69, 9.17) is 0 Å². The summed E-state index contributed by atoms with van der Waals surface area (Å²) in [6.07, 6.45) is 1.26. The molecule has 0 spiro atoms. The van der Waals surface area contributed by atoms with Gasteiger partial charge in [0.15, 0.2) is 0 Å². The van der Waals surface area contributed by atoms with Crippen LogP contribution in [0.1, 0.15) is 27.2 Å². The van der Waals surface area contributed by atoms with Crippen LogP contribution in [0.2, 0.25) is 0 Å². The van der Waals surface area contributed by atoms with Crippen molar-refractivity contribution in [3.05, 3.63) is 0 Å². The predicted molar refractivity (Wildman–Crippen MR) is 66.3 cm³/mol. The maximum atomic E-state index is 3.26. The fraction of sp³-hybridized carbons (Fsp3) is 1.00. The molecule has 0 saturated carbocycles. The number of piperazine rings is 1. The molecular formula is C12H27N3. The van der Waals surface area contributed by atoms with Crippen LogP contribution in [0.15, 0.2) is 0 Å². The molecule has 1 N–H and O–H groups in total. The quantitative estimate of drug-likeness (QED) is 0.752. The van der Waals surface area contributed by atoms with E-state index in [-0.39, 0.29) is 0 Å². The Labute approximate surface area is 94.8 Å². The fourth-order valence-corrected chi connectivity index (χ4v) is 2.41. The second-order valence-electron chi connectivity index (χ2n) is 5.13. The minimum absolute atomic E-state index is 0.669. The molecule has 15 heavy (non-hydrogen) atoms. The van der Waals surface area contributed by atoms with Crippen molar-refractivity contribution < 1.29 is 0 Å². The highest BCUT2D eigenvalue weighted by atomic mass is 15.3. The van der Waals surface area contributed by atoms with Crippen molar-refractivity contribution in [1.82, 2.24) is 15.1 Å². The van der Waals surface area contributed by atoms with Gasteiger partial charge in [-0.15, -0.1) is 0 Å². The normalized spacial score (nSPS) is 30.0. The predicted octanol–water partition coefficient (Wildman–Crippen LogP) is 1.01. The zero-order valence-electron chi connectivity index (χ0n) is 11.0. The van der Waals surface area contributed by atoms with Crippen LogP contribution in [0.25, 0.3) is 0 Å². The van der Waals surface area contributed by atoms with E-state index in [1.165, 1.54) is 19.5 Å². The summed E-state index contributed by atoms with van der Waals surface area (Å²) in [7, 11) is 4.28. The Morgan fingerprint density at radius 3 is 2.53 bits per heavy atom. The molecule has 3 heteroatoms. The first kappa shape index (κ1) is 12.9. The van der Waals surface area contributed by atoms with E-state index < -0.39 is 0 Å². The van der Waals surface area contributed by atoms with E-state index in [2.05, 4.69) is 42.9 Å². The Balaban J connectivity index is 2.55. The van der Waals surface area contributed by atoms with Gasteiger partial charge in [0, 0.05) is 31.2 Å². The molecule has 1 heterocycles. The minimum Gasteiger partial charge on any atom is -0.320 e. The standard InChI is InChI=1S/C12H27N3/c1-10(2)15-8-11(3)14(5)9-12(15)6-7-13-4/h10-13H,6-9H2,1-5H3. The summed E-state index contributed by atoms with van der Waals surface area (Å²) < 4.78 is 0. The average molecular weight is 213 g/mol. The van der Waals surface area contributed by atoms with Gasteiger partial charge < -0.3 is 10.2 Å². The number of hydrogen-bond acceptors (Lipinski definition) is 3. The number of nitrogens with zero attached hydrogens (tertiary/aromatic N) is 2. The summed E-state index contributed by atoms with van der Waals surface area (Å²) in [6.45, 7) is 10.5. The summed E-state index contributed by atoms with van der Waals surface area (Å²) in [4.78, 5) is 5.14. The molecule has 0 aromatic carbocycles. The molecular weight excluding hydrogens is 186 g/mol. The molecule has 1 fully saturated rings. The smallest absolute Gasteiger partial charge is 0.0238 e. The molecule has 90 valence electrons. The molecule has 3 nitrogen and oxygen atoms in total. The maximum absolute atomic E-state index is 3.26. The van der Waals surface area contributed by atoms with Gasteiger partial charge in [0.2, 0.25) is 0 Å². The Hall–Kier alpha value is -0.120. The number of likely N-dealkylation sites (N-methyl/N-ethyl adjacent to an activating group) is 1. The summed E-state index contributed by atoms with van der Waals surface area (Å²) in [5.74, 6) is 0. The van der Waals surface area contributed by atoms with E-state index in [9.17, 15) is 0 Å². The van der Waals surface area contributed by atoms with Crippen LogP contribution in [0.5, 0.6) is 0 Å². The third-order valence-corrected chi connectivity index (χ3v) is 3.59. The van der Waals surface area contributed by atoms with Gasteiger partial charge in [0.25, 0.3) is 0 Å². The molecule has 0 aromatic rings. The topological polar surface area (TPSA) is 18.5 Å². The van der Waals surface area contributed by atoms with E-state index in [1.807, 2.05) is 7.05 Å². The number of nitrogens with one attached hydrogen (secondary N) is 1. The highest BCUT2D eigenvalue weighted by molar-refractivity contribution is 4.87. The molecule has 0 radical (unpaired) electrons. The lowest BCUT2D eigenvalue weighted by Crippen LogP contribution is -2.58. The van der Waals surface area contributed by atoms with Crippen molar-refractivity contribution in [2.24, 2.45) is 0 Å². The van der Waals surface area contributed by atoms with Crippen molar-refractivity contribution in [1.29, 1.82) is 0 Å². The highest BCUT2D eigenvalue weighted by Crippen LogP contribution is 2.18. The van der Waals surface area contributed by atoms with Crippen molar-refractivity contribution in [2.75, 3.05) is 33.7 Å². The zero-order valence-corrected chi connectivity index (χ0v) is 11.0. The van der Waals surface area contributed by atoms with Crippen LogP contribution in [0.4, 0.5) is 0 Å². The first-order valence-electron chi connectivity index (χ1n) is 6.16. The van der Waals surface area contributed by atoms with Gasteiger partial charge in [-0.25, -0.2) is 0 Å². The lowest BCUT2D eigenvalue weighted by Gasteiger charge is -2.46. The van der Waals surface area contributed by atoms with Crippen molar-refractivity contribution in [3.8, 4) is 0 Å². The summed E-state index contributed by atoms with van der Waals surface area (Å²) in [5, 5.41) is 3.26. The maximum Gasteiger partial charge on any atom is 0.0238 e. The second-order valence-corrected chi connectivity index (χ2v) is 5.13. The van der Waals surface area contributed by atoms with Crippen LogP contribution in [0.3, 0.4) is 0 Å². The zero-order chi connectivity index (χ0) is 11.4. The molecule has 0 amide bonds. The third kappa shape index (κ3) is 3.44. The van der Waals surface area contributed by atoms with Crippen LogP contribution in [0, 0.1) is 0 Å². The van der Waals surface area contributed by atoms with E-state index >= 15 is 0 Å². The van der Waals surface area contributed by atoms with Crippen LogP contribution in [-0.4, -0.2) is 61.7 Å². The summed E-state index contributed by atoms with van der Waals surface area (Å²) in [5.41, 5.74) is 0. The molecule has 2 atom stereocenters. The Kier molecular flexibility index (Phi) is 5.03. The second kappa shape index (κ2) is 5.83. The monoisotopic (exact) mass is 213 g/mol. The van der Waals surface area contributed by atoms with Gasteiger partial charge in [-0.1, -0.05) is 0 Å². The van der Waals surface area contributed by atoms with Gasteiger partial charge in [-0.05, 0) is 47.8 Å². The minimum atomic E-state index is 0.669. The van der Waals surface area contributed by atoms with Gasteiger partial charge in [-0.2, -0.15) is 0 Å². The molecule has 2 unspecified atom stereocenters. The van der Waals surface area contributed by atoms with Gasteiger partial charge >= 0.3 is 0 Å². The van der Waals surface area contributed by atoms with E-state index in [0.717, 1.165) is 12.6 Å². The third-order valence-electron chi connectivity index (χ3n) is 3.59. The SMILES string of the molecule is CNCCC1CN(C)C(C)CN1C(C)C. The molecule has 0 aliphatic carbocycles. The molecule has 0 bridgehead atoms. The van der Waals surface area contributed by atoms with Gasteiger partial charge in [-0.3, -0.25) is 4.90 Å².